The first kappa shape index (κ1) is 24.2. The summed E-state index contributed by atoms with van der Waals surface area (Å²) in [6.07, 6.45) is 3.12. The predicted molar refractivity (Wildman–Crippen MR) is 127 cm³/mol. The number of nitrogens with one attached hydrogen (secondary N) is 1. The summed E-state index contributed by atoms with van der Waals surface area (Å²) in [4.78, 5) is 18.2. The van der Waals surface area contributed by atoms with E-state index in [0.29, 0.717) is 17.0 Å². The van der Waals surface area contributed by atoms with Crippen LogP contribution in [0.25, 0.3) is 11.1 Å². The number of halogens is 3. The van der Waals surface area contributed by atoms with Gasteiger partial charge in [0.25, 0.3) is 5.91 Å². The van der Waals surface area contributed by atoms with Gasteiger partial charge in [-0.05, 0) is 99.5 Å². The van der Waals surface area contributed by atoms with E-state index >= 15 is 0 Å². The lowest BCUT2D eigenvalue weighted by Gasteiger charge is -2.40. The number of carbonyl (C=O) groups excluding carboxylic acids is 1. The van der Waals surface area contributed by atoms with Crippen LogP contribution in [-0.2, 0) is 6.18 Å². The molecule has 0 radical (unpaired) electrons. The Bertz CT molecular complexity index is 898. The molecule has 3 heterocycles. The molecule has 4 rings (SSSR count). The van der Waals surface area contributed by atoms with Crippen LogP contribution >= 0.6 is 11.3 Å². The van der Waals surface area contributed by atoms with E-state index in [4.69, 9.17) is 0 Å². The first-order valence-corrected chi connectivity index (χ1v) is 12.8. The van der Waals surface area contributed by atoms with Gasteiger partial charge in [0.15, 0.2) is 0 Å². The van der Waals surface area contributed by atoms with E-state index in [1.807, 2.05) is 5.38 Å². The normalized spacial score (nSPS) is 19.0. The number of piperidine rings is 2. The molecule has 180 valence electrons. The molecular formula is C25H32F3N3OS. The van der Waals surface area contributed by atoms with Gasteiger partial charge < -0.3 is 15.1 Å². The van der Waals surface area contributed by atoms with Crippen molar-refractivity contribution in [2.75, 3.05) is 39.3 Å². The van der Waals surface area contributed by atoms with E-state index in [1.54, 1.807) is 6.07 Å². The molecule has 2 saturated heterocycles. The zero-order chi connectivity index (χ0) is 23.3. The van der Waals surface area contributed by atoms with Crippen molar-refractivity contribution < 1.29 is 18.0 Å². The molecule has 0 aliphatic carbocycles. The fraction of sp³-hybridized carbons (Fsp3) is 0.560. The third-order valence-electron chi connectivity index (χ3n) is 6.77. The van der Waals surface area contributed by atoms with Crippen molar-refractivity contribution in [2.45, 2.75) is 50.7 Å². The quantitative estimate of drug-likeness (QED) is 0.533. The lowest BCUT2D eigenvalue weighted by atomic mass is 10.00. The van der Waals surface area contributed by atoms with Crippen molar-refractivity contribution in [3.63, 3.8) is 0 Å². The molecule has 2 fully saturated rings. The maximum absolute atomic E-state index is 12.7. The molecule has 1 N–H and O–H groups in total. The largest absolute Gasteiger partial charge is 0.416 e. The van der Waals surface area contributed by atoms with E-state index < -0.39 is 11.7 Å². The van der Waals surface area contributed by atoms with Crippen LogP contribution in [0.2, 0.25) is 0 Å². The van der Waals surface area contributed by atoms with E-state index in [0.717, 1.165) is 49.8 Å². The average Bonchev–Trinajstić information content (AvgIpc) is 3.33. The summed E-state index contributed by atoms with van der Waals surface area (Å²) in [5.41, 5.74) is 0.761. The minimum atomic E-state index is -4.35. The second-order valence-electron chi connectivity index (χ2n) is 9.05. The van der Waals surface area contributed by atoms with Gasteiger partial charge in [0.2, 0.25) is 0 Å². The van der Waals surface area contributed by atoms with Crippen LogP contribution < -0.4 is 5.32 Å². The highest BCUT2D eigenvalue weighted by atomic mass is 32.1. The summed E-state index contributed by atoms with van der Waals surface area (Å²) in [5, 5.41) is 4.79. The van der Waals surface area contributed by atoms with Crippen LogP contribution in [0.4, 0.5) is 13.2 Å². The highest BCUT2D eigenvalue weighted by Gasteiger charge is 2.30. The van der Waals surface area contributed by atoms with E-state index in [-0.39, 0.29) is 5.91 Å². The first-order valence-electron chi connectivity index (χ1n) is 11.9. The molecular weight excluding hydrogens is 447 g/mol. The SMILES string of the molecule is O=C(NCCCN1CCC(N2CCCCC2)CC1)c1cc(-c2ccc(C(F)(F)F)cc2)cs1. The average molecular weight is 480 g/mol. The molecule has 1 aromatic heterocycles. The number of benzene rings is 1. The lowest BCUT2D eigenvalue weighted by molar-refractivity contribution is -0.137. The van der Waals surface area contributed by atoms with Crippen molar-refractivity contribution in [1.29, 1.82) is 0 Å². The number of thiophene rings is 1. The summed E-state index contributed by atoms with van der Waals surface area (Å²) in [6.45, 7) is 6.42. The minimum absolute atomic E-state index is 0.123. The molecule has 1 amide bonds. The van der Waals surface area contributed by atoms with Gasteiger partial charge in [-0.3, -0.25) is 4.79 Å². The summed E-state index contributed by atoms with van der Waals surface area (Å²) in [7, 11) is 0. The van der Waals surface area contributed by atoms with E-state index in [2.05, 4.69) is 15.1 Å². The predicted octanol–water partition coefficient (Wildman–Crippen LogP) is 5.50. The maximum atomic E-state index is 12.7. The molecule has 2 aliphatic rings. The number of nitrogens with zero attached hydrogens (tertiary/aromatic N) is 2. The molecule has 0 atom stereocenters. The Morgan fingerprint density at radius 3 is 2.36 bits per heavy atom. The van der Waals surface area contributed by atoms with Crippen molar-refractivity contribution >= 4 is 17.2 Å². The number of hydrogen-bond donors (Lipinski definition) is 1. The molecule has 0 spiro atoms. The Labute approximate surface area is 197 Å². The smallest absolute Gasteiger partial charge is 0.351 e. The van der Waals surface area contributed by atoms with Crippen LogP contribution in [0, 0.1) is 0 Å². The number of likely N-dealkylation sites (tertiary alicyclic amines) is 2. The number of hydrogen-bond acceptors (Lipinski definition) is 4. The third kappa shape index (κ3) is 6.58. The molecule has 0 bridgehead atoms. The van der Waals surface area contributed by atoms with Crippen LogP contribution in [-0.4, -0.2) is 61.0 Å². The summed E-state index contributed by atoms with van der Waals surface area (Å²) < 4.78 is 38.2. The molecule has 33 heavy (non-hydrogen) atoms. The van der Waals surface area contributed by atoms with Crippen molar-refractivity contribution in [3.8, 4) is 11.1 Å². The molecule has 2 aliphatic heterocycles. The highest BCUT2D eigenvalue weighted by molar-refractivity contribution is 7.12. The zero-order valence-corrected chi connectivity index (χ0v) is 19.7. The van der Waals surface area contributed by atoms with Gasteiger partial charge in [0.1, 0.15) is 0 Å². The maximum Gasteiger partial charge on any atom is 0.416 e. The monoisotopic (exact) mass is 479 g/mol. The third-order valence-corrected chi connectivity index (χ3v) is 7.70. The van der Waals surface area contributed by atoms with Crippen LogP contribution in [0.1, 0.15) is 53.8 Å². The fourth-order valence-electron chi connectivity index (χ4n) is 4.84. The second kappa shape index (κ2) is 11.0. The lowest BCUT2D eigenvalue weighted by Crippen LogP contribution is -2.47. The number of amides is 1. The topological polar surface area (TPSA) is 35.6 Å². The highest BCUT2D eigenvalue weighted by Crippen LogP contribution is 2.32. The second-order valence-corrected chi connectivity index (χ2v) is 9.96. The fourth-order valence-corrected chi connectivity index (χ4v) is 5.67. The van der Waals surface area contributed by atoms with Gasteiger partial charge >= 0.3 is 6.18 Å². The Hall–Kier alpha value is -1.90. The molecule has 4 nitrogen and oxygen atoms in total. The van der Waals surface area contributed by atoms with Crippen molar-refractivity contribution in [1.82, 2.24) is 15.1 Å². The Morgan fingerprint density at radius 2 is 1.70 bits per heavy atom. The summed E-state index contributed by atoms with van der Waals surface area (Å²) in [5.74, 6) is -0.123. The Morgan fingerprint density at radius 1 is 1.00 bits per heavy atom. The van der Waals surface area contributed by atoms with Gasteiger partial charge in [-0.15, -0.1) is 11.3 Å². The van der Waals surface area contributed by atoms with E-state index in [1.165, 1.54) is 68.7 Å². The van der Waals surface area contributed by atoms with Crippen LogP contribution in [0.5, 0.6) is 0 Å². The van der Waals surface area contributed by atoms with Crippen molar-refractivity contribution in [3.05, 3.63) is 46.2 Å². The molecule has 0 saturated carbocycles. The Balaban J connectivity index is 1.17. The molecule has 2 aromatic rings. The van der Waals surface area contributed by atoms with Gasteiger partial charge in [0, 0.05) is 12.6 Å². The summed E-state index contributed by atoms with van der Waals surface area (Å²) in [6, 6.07) is 7.53. The number of rotatable bonds is 7. The van der Waals surface area contributed by atoms with Gasteiger partial charge in [-0.2, -0.15) is 13.2 Å². The van der Waals surface area contributed by atoms with E-state index in [9.17, 15) is 18.0 Å². The molecule has 8 heteroatoms. The summed E-state index contributed by atoms with van der Waals surface area (Å²) >= 11 is 1.31. The minimum Gasteiger partial charge on any atom is -0.351 e. The first-order chi connectivity index (χ1) is 15.9. The van der Waals surface area contributed by atoms with Gasteiger partial charge in [-0.25, -0.2) is 0 Å². The number of alkyl halides is 3. The van der Waals surface area contributed by atoms with Crippen LogP contribution in [0.3, 0.4) is 0 Å². The Kier molecular flexibility index (Phi) is 8.09. The zero-order valence-electron chi connectivity index (χ0n) is 18.9. The van der Waals surface area contributed by atoms with Gasteiger partial charge in [-0.1, -0.05) is 18.6 Å². The van der Waals surface area contributed by atoms with Crippen molar-refractivity contribution in [2.24, 2.45) is 0 Å². The molecule has 0 unspecified atom stereocenters. The number of carbonyl (C=O) groups is 1. The standard InChI is InChI=1S/C25H32F3N3OS/c26-25(27,28)21-7-5-19(6-8-21)20-17-23(33-18-20)24(32)29-11-4-12-30-15-9-22(10-16-30)31-13-2-1-3-14-31/h5-8,17-18,22H,1-4,9-16H2,(H,29,32). The van der Waals surface area contributed by atoms with Crippen LogP contribution in [0.15, 0.2) is 35.7 Å². The molecule has 1 aromatic carbocycles. The van der Waals surface area contributed by atoms with Gasteiger partial charge in [0.05, 0.1) is 10.4 Å².